The van der Waals surface area contributed by atoms with Crippen LogP contribution in [-0.2, 0) is 33.8 Å². The number of carbonyl (C=O) groups is 1. The zero-order valence-corrected chi connectivity index (χ0v) is 24.7. The molecule has 0 aliphatic carbocycles. The summed E-state index contributed by atoms with van der Waals surface area (Å²) in [6.07, 6.45) is -1.65. The number of carboxylic acid groups (broad SMARTS) is 1. The summed E-state index contributed by atoms with van der Waals surface area (Å²) >= 11 is 1.00. The van der Waals surface area contributed by atoms with Gasteiger partial charge in [-0.25, -0.2) is 8.42 Å². The van der Waals surface area contributed by atoms with Crippen LogP contribution in [0.1, 0.15) is 43.4 Å². The number of sulfone groups is 1. The molecule has 0 saturated carbocycles. The molecule has 7 nitrogen and oxygen atoms in total. The number of alkyl halides is 3. The lowest BCUT2D eigenvalue weighted by atomic mass is 10.1. The van der Waals surface area contributed by atoms with Gasteiger partial charge in [0, 0.05) is 35.4 Å². The summed E-state index contributed by atoms with van der Waals surface area (Å²) in [5, 5.41) is 13.6. The lowest BCUT2D eigenvalue weighted by Crippen LogP contribution is -2.30. The van der Waals surface area contributed by atoms with Crippen LogP contribution < -0.4 is 10.1 Å². The number of halogens is 3. The first-order valence-corrected chi connectivity index (χ1v) is 15.8. The fraction of sp³-hybridized carbons (Fsp3) is 0.414. The Morgan fingerprint density at radius 3 is 2.61 bits per heavy atom. The number of nitrogens with zero attached hydrogens (tertiary/aromatic N) is 1. The Bertz CT molecular complexity index is 1660. The smallest absolute Gasteiger partial charge is 0.416 e. The molecule has 41 heavy (non-hydrogen) atoms. The van der Waals surface area contributed by atoms with Gasteiger partial charge in [0.2, 0.25) is 0 Å². The van der Waals surface area contributed by atoms with Gasteiger partial charge in [0.25, 0.3) is 0 Å². The molecule has 0 aliphatic heterocycles. The number of thiophene rings is 1. The molecule has 2 aromatic carbocycles. The number of aliphatic carboxylic acids is 1. The monoisotopic (exact) mass is 610 g/mol. The third-order valence-corrected chi connectivity index (χ3v) is 10.6. The van der Waals surface area contributed by atoms with Crippen molar-refractivity contribution >= 4 is 48.1 Å². The summed E-state index contributed by atoms with van der Waals surface area (Å²) < 4.78 is 74.0. The number of ether oxygens (including phenoxy) is 1. The molecule has 0 amide bonds. The summed E-state index contributed by atoms with van der Waals surface area (Å²) in [5.74, 6) is -0.355. The van der Waals surface area contributed by atoms with E-state index in [1.807, 2.05) is 35.9 Å². The van der Waals surface area contributed by atoms with Gasteiger partial charge in [-0.15, -0.1) is 11.3 Å². The minimum Gasteiger partial charge on any atom is -0.489 e. The quantitative estimate of drug-likeness (QED) is 0.169. The van der Waals surface area contributed by atoms with E-state index in [0.717, 1.165) is 52.9 Å². The van der Waals surface area contributed by atoms with Crippen LogP contribution in [0.3, 0.4) is 0 Å². The standard InChI is InChI=1S/C29H33F3N2O5S2/c1-4-11-34-17-20(13-27(35)36)23-8-7-22(15-25(23)34)39-18(2)16-33-10-5-12-41(37,38)28-19(3)24-14-21(29(30,31)32)6-9-26(24)40-28/h6-9,14-15,17-18,33H,4-5,10-13,16H2,1-3H3,(H,35,36)/t18-/m1/s1. The lowest BCUT2D eigenvalue weighted by molar-refractivity contribution is -0.138. The number of rotatable bonds is 13. The van der Waals surface area contributed by atoms with Gasteiger partial charge in [0.05, 0.1) is 23.3 Å². The van der Waals surface area contributed by atoms with Gasteiger partial charge in [-0.1, -0.05) is 6.92 Å². The van der Waals surface area contributed by atoms with Gasteiger partial charge in [-0.05, 0) is 80.1 Å². The summed E-state index contributed by atoms with van der Waals surface area (Å²) in [4.78, 5) is 11.3. The van der Waals surface area contributed by atoms with Crippen molar-refractivity contribution in [1.82, 2.24) is 9.88 Å². The molecular formula is C29H33F3N2O5S2. The second kappa shape index (κ2) is 12.4. The van der Waals surface area contributed by atoms with Crippen molar-refractivity contribution in [3.05, 3.63) is 59.3 Å². The Morgan fingerprint density at radius 2 is 1.93 bits per heavy atom. The Hall–Kier alpha value is -3.09. The lowest BCUT2D eigenvalue weighted by Gasteiger charge is -2.16. The topological polar surface area (TPSA) is 97.6 Å². The molecule has 0 fully saturated rings. The fourth-order valence-electron chi connectivity index (χ4n) is 4.88. The molecule has 222 valence electrons. The van der Waals surface area contributed by atoms with Crippen molar-refractivity contribution in [3.63, 3.8) is 0 Å². The second-order valence-electron chi connectivity index (χ2n) is 10.1. The molecule has 2 heterocycles. The summed E-state index contributed by atoms with van der Waals surface area (Å²) in [5.41, 5.74) is 1.22. The number of nitrogens with one attached hydrogen (secondary N) is 1. The number of carboxylic acids is 1. The Kier molecular flexibility index (Phi) is 9.35. The first-order chi connectivity index (χ1) is 19.3. The van der Waals surface area contributed by atoms with E-state index in [0.29, 0.717) is 40.9 Å². The zero-order valence-electron chi connectivity index (χ0n) is 23.0. The van der Waals surface area contributed by atoms with Gasteiger partial charge in [0.1, 0.15) is 16.1 Å². The molecule has 0 unspecified atom stereocenters. The Morgan fingerprint density at radius 1 is 1.17 bits per heavy atom. The van der Waals surface area contributed by atoms with E-state index in [2.05, 4.69) is 12.2 Å². The van der Waals surface area contributed by atoms with Gasteiger partial charge >= 0.3 is 12.1 Å². The van der Waals surface area contributed by atoms with Crippen LogP contribution in [0.5, 0.6) is 5.75 Å². The predicted molar refractivity (Wildman–Crippen MR) is 155 cm³/mol. The highest BCUT2D eigenvalue weighted by Gasteiger charge is 2.31. The average Bonchev–Trinajstić information content (AvgIpc) is 3.40. The predicted octanol–water partition coefficient (Wildman–Crippen LogP) is 6.44. The van der Waals surface area contributed by atoms with Crippen molar-refractivity contribution in [1.29, 1.82) is 0 Å². The van der Waals surface area contributed by atoms with Crippen LogP contribution in [0.2, 0.25) is 0 Å². The van der Waals surface area contributed by atoms with Gasteiger partial charge in [0.15, 0.2) is 9.84 Å². The van der Waals surface area contributed by atoms with E-state index in [4.69, 9.17) is 4.74 Å². The van der Waals surface area contributed by atoms with Crippen molar-refractivity contribution in [3.8, 4) is 5.75 Å². The van der Waals surface area contributed by atoms with Crippen LogP contribution in [-0.4, -0.2) is 49.0 Å². The minimum absolute atomic E-state index is 0.0507. The van der Waals surface area contributed by atoms with Crippen molar-refractivity contribution < 1.29 is 36.2 Å². The van der Waals surface area contributed by atoms with Crippen LogP contribution in [0, 0.1) is 6.92 Å². The minimum atomic E-state index is -4.49. The molecule has 0 spiro atoms. The summed E-state index contributed by atoms with van der Waals surface area (Å²) in [6, 6.07) is 8.91. The normalized spacial score (nSPS) is 13.2. The van der Waals surface area contributed by atoms with E-state index in [1.165, 1.54) is 6.07 Å². The molecule has 0 saturated heterocycles. The van der Waals surface area contributed by atoms with E-state index in [1.54, 1.807) is 6.92 Å². The first-order valence-electron chi connectivity index (χ1n) is 13.3. The van der Waals surface area contributed by atoms with Crippen LogP contribution in [0.15, 0.2) is 46.8 Å². The van der Waals surface area contributed by atoms with Crippen molar-refractivity contribution in [2.24, 2.45) is 0 Å². The van der Waals surface area contributed by atoms with E-state index >= 15 is 0 Å². The number of fused-ring (bicyclic) bond motifs is 2. The average molecular weight is 611 g/mol. The zero-order chi connectivity index (χ0) is 29.9. The van der Waals surface area contributed by atoms with Crippen molar-refractivity contribution in [2.45, 2.75) is 63.1 Å². The van der Waals surface area contributed by atoms with Crippen LogP contribution in [0.25, 0.3) is 21.0 Å². The van der Waals surface area contributed by atoms with Gasteiger partial charge in [-0.3, -0.25) is 4.79 Å². The van der Waals surface area contributed by atoms with Crippen LogP contribution >= 0.6 is 11.3 Å². The number of hydrogen-bond donors (Lipinski definition) is 2. The Labute approximate surface area is 240 Å². The molecule has 2 aromatic heterocycles. The Balaban J connectivity index is 1.32. The number of aryl methyl sites for hydroxylation is 2. The van der Waals surface area contributed by atoms with E-state index < -0.39 is 27.5 Å². The highest BCUT2D eigenvalue weighted by molar-refractivity contribution is 7.93. The first kappa shape index (κ1) is 30.9. The maximum Gasteiger partial charge on any atom is 0.416 e. The molecule has 4 aromatic rings. The molecule has 2 N–H and O–H groups in total. The van der Waals surface area contributed by atoms with Crippen molar-refractivity contribution in [2.75, 3.05) is 18.8 Å². The molecule has 0 radical (unpaired) electrons. The van der Waals surface area contributed by atoms with Gasteiger partial charge in [-0.2, -0.15) is 13.2 Å². The maximum absolute atomic E-state index is 13.1. The molecule has 0 aliphatic rings. The number of benzene rings is 2. The fourth-order valence-corrected chi connectivity index (χ4v) is 8.12. The molecule has 0 bridgehead atoms. The SMILES string of the molecule is CCCn1cc(CC(=O)O)c2ccc(O[C@H](C)CNCCCS(=O)(=O)c3sc4ccc(C(F)(F)F)cc4c3C)cc21. The molecule has 12 heteroatoms. The third kappa shape index (κ3) is 7.22. The molecular weight excluding hydrogens is 577 g/mol. The number of aromatic nitrogens is 1. The van der Waals surface area contributed by atoms with Crippen LogP contribution in [0.4, 0.5) is 13.2 Å². The van der Waals surface area contributed by atoms with Gasteiger partial charge < -0.3 is 19.7 Å². The molecule has 1 atom stereocenters. The van der Waals surface area contributed by atoms with E-state index in [9.17, 15) is 31.5 Å². The largest absolute Gasteiger partial charge is 0.489 e. The van der Waals surface area contributed by atoms with E-state index in [-0.39, 0.29) is 22.5 Å². The summed E-state index contributed by atoms with van der Waals surface area (Å²) in [6.45, 7) is 7.15. The summed E-state index contributed by atoms with van der Waals surface area (Å²) in [7, 11) is -3.66. The molecule has 4 rings (SSSR count). The highest BCUT2D eigenvalue weighted by atomic mass is 32.2. The third-order valence-electron chi connectivity index (χ3n) is 6.78. The highest BCUT2D eigenvalue weighted by Crippen LogP contribution is 2.38. The second-order valence-corrected chi connectivity index (χ2v) is 13.5. The maximum atomic E-state index is 13.1. The number of hydrogen-bond acceptors (Lipinski definition) is 6.